The van der Waals surface area contributed by atoms with E-state index in [2.05, 4.69) is 31.7 Å². The monoisotopic (exact) mass is 738 g/mol. The summed E-state index contributed by atoms with van der Waals surface area (Å²) >= 11 is 12.4. The van der Waals surface area contributed by atoms with Crippen LogP contribution in [0.3, 0.4) is 0 Å². The molecule has 0 radical (unpaired) electrons. The SMILES string of the molecule is CN(C)c1ccc(C=C(NC(=O)c2ccccc2Cl)C(=O)NN=CC=NNC(=O)C(=Cc2ccc(N(C)C)cc2)NC(=O)c2ccccc2Cl)cc1. The lowest BCUT2D eigenvalue weighted by Crippen LogP contribution is -2.33. The molecule has 0 saturated carbocycles. The van der Waals surface area contributed by atoms with E-state index in [4.69, 9.17) is 23.2 Å². The van der Waals surface area contributed by atoms with Crippen molar-refractivity contribution in [3.63, 3.8) is 0 Å². The van der Waals surface area contributed by atoms with E-state index in [9.17, 15) is 19.2 Å². The smallest absolute Gasteiger partial charge is 0.287 e. The summed E-state index contributed by atoms with van der Waals surface area (Å²) in [6.07, 6.45) is 5.21. The summed E-state index contributed by atoms with van der Waals surface area (Å²) in [4.78, 5) is 56.2. The molecular formula is C38H36Cl2N8O4. The number of carbonyl (C=O) groups excluding carboxylic acids is 4. The van der Waals surface area contributed by atoms with Gasteiger partial charge in [0, 0.05) is 39.6 Å². The molecule has 0 aliphatic heterocycles. The minimum Gasteiger partial charge on any atom is -0.378 e. The summed E-state index contributed by atoms with van der Waals surface area (Å²) in [6, 6.07) is 27.5. The number of rotatable bonds is 13. The van der Waals surface area contributed by atoms with Gasteiger partial charge in [-0.05, 0) is 71.8 Å². The summed E-state index contributed by atoms with van der Waals surface area (Å²) in [6.45, 7) is 0. The zero-order valence-corrected chi connectivity index (χ0v) is 30.2. The lowest BCUT2D eigenvalue weighted by atomic mass is 10.1. The second kappa shape index (κ2) is 18.7. The third-order valence-corrected chi connectivity index (χ3v) is 7.87. The molecule has 0 aliphatic carbocycles. The Morgan fingerprint density at radius 2 is 0.885 bits per heavy atom. The minimum atomic E-state index is -0.737. The van der Waals surface area contributed by atoms with Crippen molar-refractivity contribution in [1.29, 1.82) is 0 Å². The van der Waals surface area contributed by atoms with Crippen molar-refractivity contribution in [3.05, 3.63) is 141 Å². The first-order valence-corrected chi connectivity index (χ1v) is 16.4. The van der Waals surface area contributed by atoms with Crippen LogP contribution in [0.4, 0.5) is 11.4 Å². The van der Waals surface area contributed by atoms with Crippen molar-refractivity contribution in [1.82, 2.24) is 21.5 Å². The number of hydrazone groups is 2. The van der Waals surface area contributed by atoms with Crippen LogP contribution in [0.25, 0.3) is 12.2 Å². The van der Waals surface area contributed by atoms with Gasteiger partial charge in [0.2, 0.25) is 0 Å². The molecule has 0 aromatic heterocycles. The fraction of sp³-hybridized carbons (Fsp3) is 0.105. The summed E-state index contributed by atoms with van der Waals surface area (Å²) in [5.41, 5.74) is 7.98. The Labute approximate surface area is 311 Å². The lowest BCUT2D eigenvalue weighted by Gasteiger charge is -2.13. The molecular weight excluding hydrogens is 703 g/mol. The van der Waals surface area contributed by atoms with E-state index in [1.807, 2.05) is 62.3 Å². The van der Waals surface area contributed by atoms with E-state index in [-0.39, 0.29) is 32.6 Å². The van der Waals surface area contributed by atoms with Gasteiger partial charge in [0.15, 0.2) is 0 Å². The van der Waals surface area contributed by atoms with E-state index in [1.165, 1.54) is 24.3 Å². The fourth-order valence-corrected chi connectivity index (χ4v) is 4.88. The number of halogens is 2. The van der Waals surface area contributed by atoms with Crippen molar-refractivity contribution < 1.29 is 19.2 Å². The molecule has 0 unspecified atom stereocenters. The highest BCUT2D eigenvalue weighted by Gasteiger charge is 2.18. The van der Waals surface area contributed by atoms with Crippen molar-refractivity contribution in [2.45, 2.75) is 0 Å². The standard InChI is InChI=1S/C38H36Cl2N8O4/c1-47(2)27-17-13-25(14-18-27)23-33(43-35(49)29-9-5-7-11-31(29)39)37(51)45-41-21-22-42-46-38(52)34(24-26-15-19-28(20-16-26)48(3)4)44-36(50)30-10-6-8-12-32(30)40/h5-24H,1-4H3,(H,43,49)(H,44,50)(H,45,51)(H,46,52). The van der Waals surface area contributed by atoms with Gasteiger partial charge in [-0.15, -0.1) is 0 Å². The third kappa shape index (κ3) is 11.1. The van der Waals surface area contributed by atoms with Gasteiger partial charge in [0.1, 0.15) is 11.4 Å². The highest BCUT2D eigenvalue weighted by atomic mass is 35.5. The van der Waals surface area contributed by atoms with Crippen molar-refractivity contribution in [2.75, 3.05) is 38.0 Å². The maximum absolute atomic E-state index is 13.2. The number of carbonyl (C=O) groups is 4. The Morgan fingerprint density at radius 1 is 0.538 bits per heavy atom. The van der Waals surface area contributed by atoms with Gasteiger partial charge in [0.25, 0.3) is 23.6 Å². The topological polar surface area (TPSA) is 148 Å². The van der Waals surface area contributed by atoms with Crippen molar-refractivity contribution in [2.24, 2.45) is 10.2 Å². The Bertz CT molecular complexity index is 1890. The molecule has 266 valence electrons. The van der Waals surface area contributed by atoms with Crippen LogP contribution in [0, 0.1) is 0 Å². The molecule has 0 saturated heterocycles. The number of nitrogens with one attached hydrogen (secondary N) is 4. The van der Waals surface area contributed by atoms with Crippen LogP contribution in [0.5, 0.6) is 0 Å². The van der Waals surface area contributed by atoms with Crippen LogP contribution in [0.1, 0.15) is 31.8 Å². The zero-order valence-electron chi connectivity index (χ0n) is 28.7. The van der Waals surface area contributed by atoms with Crippen molar-refractivity contribution in [3.8, 4) is 0 Å². The molecule has 0 fully saturated rings. The van der Waals surface area contributed by atoms with E-state index in [1.54, 1.807) is 60.7 Å². The molecule has 52 heavy (non-hydrogen) atoms. The molecule has 4 aromatic carbocycles. The number of hydrogen-bond donors (Lipinski definition) is 4. The number of amides is 4. The first-order chi connectivity index (χ1) is 24.9. The van der Waals surface area contributed by atoms with Crippen LogP contribution in [-0.4, -0.2) is 64.2 Å². The van der Waals surface area contributed by atoms with E-state index >= 15 is 0 Å². The molecule has 0 heterocycles. The van der Waals surface area contributed by atoms with Crippen LogP contribution in [0.15, 0.2) is 119 Å². The molecule has 0 spiro atoms. The Balaban J connectivity index is 1.47. The summed E-state index contributed by atoms with van der Waals surface area (Å²) in [5, 5.41) is 13.3. The third-order valence-electron chi connectivity index (χ3n) is 7.21. The van der Waals surface area contributed by atoms with Gasteiger partial charge in [0.05, 0.1) is 33.6 Å². The van der Waals surface area contributed by atoms with Gasteiger partial charge >= 0.3 is 0 Å². The van der Waals surface area contributed by atoms with Gasteiger partial charge in [-0.25, -0.2) is 10.9 Å². The summed E-state index contributed by atoms with van der Waals surface area (Å²) < 4.78 is 0. The molecule has 4 amide bonds. The second-order valence-corrected chi connectivity index (χ2v) is 12.2. The van der Waals surface area contributed by atoms with Crippen LogP contribution >= 0.6 is 23.2 Å². The zero-order chi connectivity index (χ0) is 37.6. The molecule has 0 bridgehead atoms. The lowest BCUT2D eigenvalue weighted by molar-refractivity contribution is -0.118. The van der Waals surface area contributed by atoms with Crippen molar-refractivity contribution >= 4 is 82.8 Å². The van der Waals surface area contributed by atoms with E-state index in [0.717, 1.165) is 23.8 Å². The Morgan fingerprint density at radius 3 is 1.21 bits per heavy atom. The summed E-state index contributed by atoms with van der Waals surface area (Å²) in [7, 11) is 7.62. The largest absolute Gasteiger partial charge is 0.378 e. The highest BCUT2D eigenvalue weighted by Crippen LogP contribution is 2.19. The van der Waals surface area contributed by atoms with Crippen LogP contribution < -0.4 is 31.3 Å². The van der Waals surface area contributed by atoms with Gasteiger partial charge in [-0.2, -0.15) is 10.2 Å². The predicted molar refractivity (Wildman–Crippen MR) is 209 cm³/mol. The van der Waals surface area contributed by atoms with Gasteiger partial charge in [-0.1, -0.05) is 71.7 Å². The minimum absolute atomic E-state index is 0.104. The maximum atomic E-state index is 13.2. The van der Waals surface area contributed by atoms with Gasteiger partial charge < -0.3 is 20.4 Å². The molecule has 4 aromatic rings. The van der Waals surface area contributed by atoms with Crippen LogP contribution in [-0.2, 0) is 9.59 Å². The molecule has 0 aliphatic rings. The van der Waals surface area contributed by atoms with E-state index in [0.29, 0.717) is 11.1 Å². The molecule has 0 atom stereocenters. The van der Waals surface area contributed by atoms with Crippen LogP contribution in [0.2, 0.25) is 10.0 Å². The Kier molecular flexibility index (Phi) is 13.8. The second-order valence-electron chi connectivity index (χ2n) is 11.4. The number of hydrogen-bond acceptors (Lipinski definition) is 8. The number of nitrogens with zero attached hydrogens (tertiary/aromatic N) is 4. The van der Waals surface area contributed by atoms with Gasteiger partial charge in [-0.3, -0.25) is 19.2 Å². The molecule has 4 rings (SSSR count). The first kappa shape index (κ1) is 38.6. The molecule has 14 heteroatoms. The van der Waals surface area contributed by atoms with E-state index < -0.39 is 23.6 Å². The fourth-order valence-electron chi connectivity index (χ4n) is 4.44. The maximum Gasteiger partial charge on any atom is 0.287 e. The molecule has 12 nitrogen and oxygen atoms in total. The number of benzene rings is 4. The average Bonchev–Trinajstić information content (AvgIpc) is 3.13. The first-order valence-electron chi connectivity index (χ1n) is 15.7. The predicted octanol–water partition coefficient (Wildman–Crippen LogP) is 5.57. The highest BCUT2D eigenvalue weighted by molar-refractivity contribution is 6.34. The number of anilines is 2. The quantitative estimate of drug-likeness (QED) is 0.0801. The average molecular weight is 740 g/mol. The Hall–Kier alpha value is -6.24. The molecule has 4 N–H and O–H groups in total. The summed E-state index contributed by atoms with van der Waals surface area (Å²) in [5.74, 6) is -2.66. The normalized spacial score (nSPS) is 11.7.